The normalized spacial score (nSPS) is 12.2. The van der Waals surface area contributed by atoms with Crippen LogP contribution < -0.4 is 5.32 Å². The maximum atomic E-state index is 11.8. The van der Waals surface area contributed by atoms with Crippen molar-refractivity contribution in [3.05, 3.63) is 39.9 Å². The second-order valence-electron chi connectivity index (χ2n) is 5.81. The highest BCUT2D eigenvalue weighted by atomic mass is 16.6. The fourth-order valence-corrected chi connectivity index (χ4v) is 1.87. The average Bonchev–Trinajstić information content (AvgIpc) is 2.44. The van der Waals surface area contributed by atoms with Gasteiger partial charge >= 0.3 is 12.1 Å². The average molecular weight is 324 g/mol. The third kappa shape index (κ3) is 5.93. The van der Waals surface area contributed by atoms with Crippen LogP contribution in [0.2, 0.25) is 0 Å². The first-order valence-corrected chi connectivity index (χ1v) is 6.93. The van der Waals surface area contributed by atoms with Crippen LogP contribution in [0.4, 0.5) is 10.5 Å². The summed E-state index contributed by atoms with van der Waals surface area (Å²) < 4.78 is 9.72. The predicted molar refractivity (Wildman–Crippen MR) is 82.0 cm³/mol. The van der Waals surface area contributed by atoms with E-state index in [1.165, 1.54) is 25.3 Å². The Kier molecular flexibility index (Phi) is 6.06. The zero-order chi connectivity index (χ0) is 17.6. The van der Waals surface area contributed by atoms with Gasteiger partial charge in [-0.15, -0.1) is 0 Å². The first kappa shape index (κ1) is 18.4. The fourth-order valence-electron chi connectivity index (χ4n) is 1.87. The molecule has 0 saturated heterocycles. The predicted octanol–water partition coefficient (Wildman–Crippen LogP) is 2.20. The molecule has 1 rings (SSSR count). The van der Waals surface area contributed by atoms with Crippen molar-refractivity contribution in [2.45, 2.75) is 38.8 Å². The molecule has 0 aliphatic rings. The van der Waals surface area contributed by atoms with E-state index in [2.05, 4.69) is 10.1 Å². The molecule has 23 heavy (non-hydrogen) atoms. The molecule has 0 aliphatic carbocycles. The minimum Gasteiger partial charge on any atom is -0.467 e. The summed E-state index contributed by atoms with van der Waals surface area (Å²) in [7, 11) is 1.17. The molecular weight excluding hydrogens is 304 g/mol. The Morgan fingerprint density at radius 2 is 1.91 bits per heavy atom. The molecule has 1 N–H and O–H groups in total. The van der Waals surface area contributed by atoms with Gasteiger partial charge in [-0.25, -0.2) is 9.59 Å². The maximum absolute atomic E-state index is 11.8. The summed E-state index contributed by atoms with van der Waals surface area (Å²) in [5.41, 5.74) is -0.555. The van der Waals surface area contributed by atoms with Gasteiger partial charge in [0.1, 0.15) is 11.6 Å². The summed E-state index contributed by atoms with van der Waals surface area (Å²) in [6.45, 7) is 5.05. The highest BCUT2D eigenvalue weighted by Crippen LogP contribution is 2.19. The van der Waals surface area contributed by atoms with Gasteiger partial charge in [-0.3, -0.25) is 10.1 Å². The third-order valence-electron chi connectivity index (χ3n) is 2.79. The Labute approximate surface area is 133 Å². The number of hydrogen-bond acceptors (Lipinski definition) is 6. The number of rotatable bonds is 5. The van der Waals surface area contributed by atoms with Crippen molar-refractivity contribution in [3.8, 4) is 0 Å². The molecule has 126 valence electrons. The van der Waals surface area contributed by atoms with Crippen LogP contribution in [-0.4, -0.2) is 35.7 Å². The molecule has 8 nitrogen and oxygen atoms in total. The maximum Gasteiger partial charge on any atom is 0.408 e. The van der Waals surface area contributed by atoms with E-state index in [4.69, 9.17) is 4.74 Å². The zero-order valence-electron chi connectivity index (χ0n) is 13.5. The SMILES string of the molecule is COC(=O)[C@H](Cc1ccccc1[N+](=O)[O-])NC(=O)OC(C)(C)C. The monoisotopic (exact) mass is 324 g/mol. The van der Waals surface area contributed by atoms with Gasteiger partial charge in [-0.2, -0.15) is 0 Å². The summed E-state index contributed by atoms with van der Waals surface area (Å²) in [6.07, 6.45) is -0.880. The van der Waals surface area contributed by atoms with Gasteiger partial charge in [0.05, 0.1) is 12.0 Å². The Morgan fingerprint density at radius 1 is 1.30 bits per heavy atom. The van der Waals surface area contributed by atoms with Crippen LogP contribution >= 0.6 is 0 Å². The van der Waals surface area contributed by atoms with Crippen LogP contribution in [0, 0.1) is 10.1 Å². The van der Waals surface area contributed by atoms with Crippen molar-refractivity contribution in [2.75, 3.05) is 7.11 Å². The van der Waals surface area contributed by atoms with Crippen molar-refractivity contribution < 1.29 is 24.0 Å². The van der Waals surface area contributed by atoms with Gasteiger partial charge in [-0.1, -0.05) is 18.2 Å². The van der Waals surface area contributed by atoms with Gasteiger partial charge in [-0.05, 0) is 20.8 Å². The minimum atomic E-state index is -1.09. The van der Waals surface area contributed by atoms with E-state index in [9.17, 15) is 19.7 Å². The minimum absolute atomic E-state index is 0.0803. The molecule has 1 amide bonds. The van der Waals surface area contributed by atoms with Gasteiger partial charge < -0.3 is 14.8 Å². The highest BCUT2D eigenvalue weighted by molar-refractivity contribution is 5.81. The van der Waals surface area contributed by atoms with E-state index >= 15 is 0 Å². The summed E-state index contributed by atoms with van der Waals surface area (Å²) in [6, 6.07) is 4.90. The molecule has 1 aromatic carbocycles. The van der Waals surface area contributed by atoms with E-state index in [-0.39, 0.29) is 12.1 Å². The largest absolute Gasteiger partial charge is 0.467 e. The number of nitrogens with zero attached hydrogens (tertiary/aromatic N) is 1. The number of ether oxygens (including phenoxy) is 2. The molecule has 0 saturated carbocycles. The molecule has 0 bridgehead atoms. The first-order chi connectivity index (χ1) is 10.6. The zero-order valence-corrected chi connectivity index (χ0v) is 13.5. The van der Waals surface area contributed by atoms with E-state index in [1.807, 2.05) is 0 Å². The summed E-state index contributed by atoms with van der Waals surface area (Å²) in [5, 5.41) is 13.4. The van der Waals surface area contributed by atoms with Crippen LogP contribution in [-0.2, 0) is 20.7 Å². The van der Waals surface area contributed by atoms with Gasteiger partial charge in [0, 0.05) is 18.1 Å². The number of esters is 1. The van der Waals surface area contributed by atoms with Crippen LogP contribution in [0.3, 0.4) is 0 Å². The van der Waals surface area contributed by atoms with Crippen LogP contribution in [0.25, 0.3) is 0 Å². The lowest BCUT2D eigenvalue weighted by Crippen LogP contribution is -2.45. The number of nitro benzene ring substituents is 1. The van der Waals surface area contributed by atoms with E-state index in [0.717, 1.165) is 0 Å². The Hall–Kier alpha value is -2.64. The second kappa shape index (κ2) is 7.57. The number of amides is 1. The quantitative estimate of drug-likeness (QED) is 0.505. The van der Waals surface area contributed by atoms with Crippen molar-refractivity contribution in [3.63, 3.8) is 0 Å². The number of carbonyl (C=O) groups excluding carboxylic acids is 2. The molecule has 0 fully saturated rings. The molecule has 0 unspecified atom stereocenters. The Bertz CT molecular complexity index is 594. The first-order valence-electron chi connectivity index (χ1n) is 6.93. The third-order valence-corrected chi connectivity index (χ3v) is 2.79. The van der Waals surface area contributed by atoms with Crippen LogP contribution in [0.15, 0.2) is 24.3 Å². The number of hydrogen-bond donors (Lipinski definition) is 1. The van der Waals surface area contributed by atoms with Gasteiger partial charge in [0.15, 0.2) is 0 Å². The molecule has 0 aromatic heterocycles. The van der Waals surface area contributed by atoms with Crippen LogP contribution in [0.5, 0.6) is 0 Å². The van der Waals surface area contributed by atoms with Crippen molar-refractivity contribution in [1.29, 1.82) is 0 Å². The van der Waals surface area contributed by atoms with Crippen molar-refractivity contribution in [1.82, 2.24) is 5.32 Å². The number of carbonyl (C=O) groups is 2. The summed E-state index contributed by atoms with van der Waals surface area (Å²) in [4.78, 5) is 34.1. The van der Waals surface area contributed by atoms with E-state index in [0.29, 0.717) is 5.56 Å². The molecular formula is C15H20N2O6. The fraction of sp³-hybridized carbons (Fsp3) is 0.467. The smallest absolute Gasteiger partial charge is 0.408 e. The number of nitrogens with one attached hydrogen (secondary N) is 1. The van der Waals surface area contributed by atoms with Crippen LogP contribution in [0.1, 0.15) is 26.3 Å². The molecule has 0 aliphatic heterocycles. The molecule has 0 radical (unpaired) electrons. The number of methoxy groups -OCH3 is 1. The topological polar surface area (TPSA) is 108 Å². The van der Waals surface area contributed by atoms with Gasteiger partial charge in [0.25, 0.3) is 5.69 Å². The molecule has 0 heterocycles. The lowest BCUT2D eigenvalue weighted by atomic mass is 10.0. The molecule has 0 spiro atoms. The van der Waals surface area contributed by atoms with Gasteiger partial charge in [0.2, 0.25) is 0 Å². The number of nitro groups is 1. The number of alkyl carbamates (subject to hydrolysis) is 1. The lowest BCUT2D eigenvalue weighted by Gasteiger charge is -2.22. The molecule has 1 aromatic rings. The second-order valence-corrected chi connectivity index (χ2v) is 5.81. The molecule has 1 atom stereocenters. The van der Waals surface area contributed by atoms with Crippen molar-refractivity contribution in [2.24, 2.45) is 0 Å². The standard InChI is InChI=1S/C15H20N2O6/c1-15(2,3)23-14(19)16-11(13(18)22-4)9-10-7-5-6-8-12(10)17(20)21/h5-8,11H,9H2,1-4H3,(H,16,19)/t11-/m0/s1. The number of benzene rings is 1. The Balaban J connectivity index is 2.94. The van der Waals surface area contributed by atoms with E-state index < -0.39 is 28.6 Å². The van der Waals surface area contributed by atoms with E-state index in [1.54, 1.807) is 26.8 Å². The number of para-hydroxylation sites is 1. The van der Waals surface area contributed by atoms with Crippen molar-refractivity contribution >= 4 is 17.7 Å². The summed E-state index contributed by atoms with van der Waals surface area (Å²) >= 11 is 0. The lowest BCUT2D eigenvalue weighted by molar-refractivity contribution is -0.385. The highest BCUT2D eigenvalue weighted by Gasteiger charge is 2.27. The summed E-state index contributed by atoms with van der Waals surface area (Å²) in [5.74, 6) is -0.714. The molecule has 8 heteroatoms. The Morgan fingerprint density at radius 3 is 2.43 bits per heavy atom.